The quantitative estimate of drug-likeness (QED) is 0.719. The molecule has 9 heteroatoms. The van der Waals surface area contributed by atoms with Gasteiger partial charge < -0.3 is 10.2 Å². The van der Waals surface area contributed by atoms with Gasteiger partial charge in [0.2, 0.25) is 11.8 Å². The number of amides is 2. The summed E-state index contributed by atoms with van der Waals surface area (Å²) in [6.07, 6.45) is 7.61. The molecule has 3 aliphatic heterocycles. The van der Waals surface area contributed by atoms with Crippen molar-refractivity contribution < 1.29 is 18.0 Å². The monoisotopic (exact) mass is 450 g/mol. The van der Waals surface area contributed by atoms with Crippen LogP contribution in [0.25, 0.3) is 6.08 Å². The van der Waals surface area contributed by atoms with Gasteiger partial charge in [-0.15, -0.1) is 0 Å². The van der Waals surface area contributed by atoms with Crippen molar-refractivity contribution >= 4 is 33.7 Å². The number of aryl methyl sites for hydroxylation is 1. The minimum absolute atomic E-state index is 0.0138. The fourth-order valence-electron chi connectivity index (χ4n) is 4.28. The third-order valence-corrected chi connectivity index (χ3v) is 7.74. The van der Waals surface area contributed by atoms with Crippen molar-refractivity contribution in [1.29, 1.82) is 0 Å². The van der Waals surface area contributed by atoms with Crippen LogP contribution in [-0.4, -0.2) is 54.1 Å². The highest BCUT2D eigenvalue weighted by atomic mass is 32.2. The number of likely N-dealkylation sites (tertiary alicyclic amines) is 1. The predicted octanol–water partition coefficient (Wildman–Crippen LogP) is 2.03. The molecule has 1 N–H and O–H groups in total. The first-order valence-corrected chi connectivity index (χ1v) is 11.9. The largest absolute Gasteiger partial charge is 0.334 e. The van der Waals surface area contributed by atoms with E-state index in [1.54, 1.807) is 53.7 Å². The van der Waals surface area contributed by atoms with Gasteiger partial charge in [0, 0.05) is 50.4 Å². The molecule has 0 saturated carbocycles. The molecule has 0 aliphatic carbocycles. The molecule has 0 unspecified atom stereocenters. The predicted molar refractivity (Wildman–Crippen MR) is 119 cm³/mol. The number of nitrogens with zero attached hydrogens (tertiary/aromatic N) is 3. The number of aromatic nitrogens is 1. The molecule has 1 aromatic carbocycles. The van der Waals surface area contributed by atoms with Gasteiger partial charge >= 0.3 is 0 Å². The molecule has 1 atom stereocenters. The minimum atomic E-state index is -3.57. The van der Waals surface area contributed by atoms with Crippen LogP contribution in [0.15, 0.2) is 65.3 Å². The highest BCUT2D eigenvalue weighted by Gasteiger charge is 2.38. The van der Waals surface area contributed by atoms with Crippen molar-refractivity contribution in [3.05, 3.63) is 71.6 Å². The van der Waals surface area contributed by atoms with Crippen LogP contribution in [-0.2, 0) is 26.0 Å². The van der Waals surface area contributed by atoms with Crippen LogP contribution >= 0.6 is 0 Å². The maximum Gasteiger partial charge on any atom is 0.263 e. The molecule has 0 radical (unpaired) electrons. The van der Waals surface area contributed by atoms with Crippen LogP contribution in [0.4, 0.5) is 5.82 Å². The van der Waals surface area contributed by atoms with E-state index in [9.17, 15) is 18.0 Å². The molecule has 0 bridgehead atoms. The van der Waals surface area contributed by atoms with Crippen LogP contribution in [0.1, 0.15) is 17.5 Å². The van der Waals surface area contributed by atoms with Crippen molar-refractivity contribution in [2.45, 2.75) is 17.7 Å². The standard InChI is InChI=1S/C23H22N4O4S/c28-21-8-7-17-10-16(11-24-23(17)25-21)6-9-22(29)26-12-18-14-27(15-19(18)13-26)32(30,31)20-4-2-1-3-5-20/h1-6,9-11,14,19H,7-8,12-13,15H2,(H,24,25,28)/b9-6+/t19-/m0/s1. The second kappa shape index (κ2) is 7.90. The van der Waals surface area contributed by atoms with Crippen molar-refractivity contribution in [2.24, 2.45) is 5.92 Å². The number of hydrogen-bond acceptors (Lipinski definition) is 5. The molecule has 32 heavy (non-hydrogen) atoms. The summed E-state index contributed by atoms with van der Waals surface area (Å²) < 4.78 is 27.0. The Bertz CT molecular complexity index is 1250. The van der Waals surface area contributed by atoms with E-state index in [4.69, 9.17) is 0 Å². The van der Waals surface area contributed by atoms with Crippen LogP contribution in [0.2, 0.25) is 0 Å². The summed E-state index contributed by atoms with van der Waals surface area (Å²) in [7, 11) is -3.57. The molecule has 0 spiro atoms. The van der Waals surface area contributed by atoms with Crippen LogP contribution < -0.4 is 5.32 Å². The molecular weight excluding hydrogens is 428 g/mol. The Labute approximate surface area is 186 Å². The zero-order valence-corrected chi connectivity index (χ0v) is 18.1. The molecule has 164 valence electrons. The van der Waals surface area contributed by atoms with E-state index >= 15 is 0 Å². The van der Waals surface area contributed by atoms with Crippen molar-refractivity contribution in [1.82, 2.24) is 14.2 Å². The lowest BCUT2D eigenvalue weighted by atomic mass is 10.0. The minimum Gasteiger partial charge on any atom is -0.334 e. The first kappa shape index (κ1) is 20.4. The number of anilines is 1. The van der Waals surface area contributed by atoms with E-state index in [1.807, 2.05) is 6.07 Å². The zero-order valence-electron chi connectivity index (χ0n) is 17.3. The third kappa shape index (κ3) is 3.80. The number of carbonyl (C=O) groups excluding carboxylic acids is 2. The lowest BCUT2D eigenvalue weighted by Crippen LogP contribution is -2.32. The number of nitrogens with one attached hydrogen (secondary N) is 1. The van der Waals surface area contributed by atoms with E-state index in [0.29, 0.717) is 38.3 Å². The highest BCUT2D eigenvalue weighted by molar-refractivity contribution is 7.89. The second-order valence-corrected chi connectivity index (χ2v) is 10.1. The molecule has 1 aromatic heterocycles. The van der Waals surface area contributed by atoms with Gasteiger partial charge in [0.15, 0.2) is 0 Å². The number of benzene rings is 1. The topological polar surface area (TPSA) is 99.7 Å². The van der Waals surface area contributed by atoms with Crippen molar-refractivity contribution in [3.8, 4) is 0 Å². The molecule has 2 amide bonds. The van der Waals surface area contributed by atoms with Gasteiger partial charge in [-0.1, -0.05) is 18.2 Å². The lowest BCUT2D eigenvalue weighted by molar-refractivity contribution is -0.125. The van der Waals surface area contributed by atoms with Gasteiger partial charge in [-0.25, -0.2) is 13.4 Å². The van der Waals surface area contributed by atoms with Gasteiger partial charge in [-0.05, 0) is 47.4 Å². The number of sulfonamides is 1. The first-order chi connectivity index (χ1) is 15.4. The molecule has 1 fully saturated rings. The molecule has 1 saturated heterocycles. The Balaban J connectivity index is 1.24. The van der Waals surface area contributed by atoms with Crippen molar-refractivity contribution in [3.63, 3.8) is 0 Å². The van der Waals surface area contributed by atoms with E-state index in [-0.39, 0.29) is 22.6 Å². The summed E-state index contributed by atoms with van der Waals surface area (Å²) in [6.45, 7) is 1.26. The van der Waals surface area contributed by atoms with Crippen LogP contribution in [0.3, 0.4) is 0 Å². The first-order valence-electron chi connectivity index (χ1n) is 10.4. The average Bonchev–Trinajstić information content (AvgIpc) is 3.38. The van der Waals surface area contributed by atoms with E-state index in [0.717, 1.165) is 16.7 Å². The van der Waals surface area contributed by atoms with E-state index in [2.05, 4.69) is 10.3 Å². The van der Waals surface area contributed by atoms with Crippen LogP contribution in [0, 0.1) is 5.92 Å². The van der Waals surface area contributed by atoms with Gasteiger partial charge in [-0.3, -0.25) is 13.9 Å². The summed E-state index contributed by atoms with van der Waals surface area (Å²) in [6, 6.07) is 10.3. The Hall–Kier alpha value is -3.46. The van der Waals surface area contributed by atoms with Gasteiger partial charge in [0.25, 0.3) is 10.0 Å². The maximum absolute atomic E-state index is 12.8. The number of fused-ring (bicyclic) bond motifs is 2. The summed E-state index contributed by atoms with van der Waals surface area (Å²) in [5, 5.41) is 2.74. The second-order valence-electron chi connectivity index (χ2n) is 8.17. The molecule has 2 aromatic rings. The molecule has 5 rings (SSSR count). The average molecular weight is 451 g/mol. The fourth-order valence-corrected chi connectivity index (χ4v) is 5.70. The number of pyridine rings is 1. The normalized spacial score (nSPS) is 20.2. The van der Waals surface area contributed by atoms with Crippen molar-refractivity contribution in [2.75, 3.05) is 25.0 Å². The summed E-state index contributed by atoms with van der Waals surface area (Å²) >= 11 is 0. The lowest BCUT2D eigenvalue weighted by Gasteiger charge is -2.20. The molecule has 3 aliphatic rings. The SMILES string of the molecule is O=C1CCc2cc(/C=C/C(=O)N3CC4=CN(S(=O)(=O)c5ccccc5)C[C@@H]4C3)cnc2N1. The van der Waals surface area contributed by atoms with Gasteiger partial charge in [-0.2, -0.15) is 0 Å². The summed E-state index contributed by atoms with van der Waals surface area (Å²) in [4.78, 5) is 30.4. The molecule has 4 heterocycles. The van der Waals surface area contributed by atoms with Crippen LogP contribution in [0.5, 0.6) is 0 Å². The number of rotatable bonds is 4. The number of carbonyl (C=O) groups is 2. The Morgan fingerprint density at radius 2 is 1.97 bits per heavy atom. The Morgan fingerprint density at radius 1 is 1.16 bits per heavy atom. The summed E-state index contributed by atoms with van der Waals surface area (Å²) in [5.74, 6) is 0.440. The fraction of sp³-hybridized carbons (Fsp3) is 0.261. The Morgan fingerprint density at radius 3 is 2.75 bits per heavy atom. The number of hydrogen-bond donors (Lipinski definition) is 1. The Kier molecular flexibility index (Phi) is 5.05. The van der Waals surface area contributed by atoms with Gasteiger partial charge in [0.1, 0.15) is 5.82 Å². The van der Waals surface area contributed by atoms with E-state index < -0.39 is 10.0 Å². The van der Waals surface area contributed by atoms with E-state index in [1.165, 1.54) is 10.4 Å². The molecule has 8 nitrogen and oxygen atoms in total. The van der Waals surface area contributed by atoms with Gasteiger partial charge in [0.05, 0.1) is 4.90 Å². The highest BCUT2D eigenvalue weighted by Crippen LogP contribution is 2.33. The molecular formula is C23H22N4O4S. The zero-order chi connectivity index (χ0) is 22.3. The summed E-state index contributed by atoms with van der Waals surface area (Å²) in [5.41, 5.74) is 2.71. The smallest absolute Gasteiger partial charge is 0.263 e. The maximum atomic E-state index is 12.8. The third-order valence-electron chi connectivity index (χ3n) is 6.00.